The summed E-state index contributed by atoms with van der Waals surface area (Å²) >= 11 is 0. The molecule has 3 heterocycles. The van der Waals surface area contributed by atoms with Crippen molar-refractivity contribution in [2.75, 3.05) is 20.2 Å². The zero-order valence-electron chi connectivity index (χ0n) is 13.4. The van der Waals surface area contributed by atoms with Gasteiger partial charge in [0.25, 0.3) is 0 Å². The van der Waals surface area contributed by atoms with E-state index < -0.39 is 0 Å². The summed E-state index contributed by atoms with van der Waals surface area (Å²) in [7, 11) is 1.76. The van der Waals surface area contributed by atoms with Crippen molar-refractivity contribution in [2.45, 2.75) is 38.1 Å². The van der Waals surface area contributed by atoms with Crippen molar-refractivity contribution in [3.63, 3.8) is 0 Å². The number of fused-ring (bicyclic) bond motifs is 5. The number of benzene rings is 1. The van der Waals surface area contributed by atoms with Crippen LogP contribution in [0.1, 0.15) is 36.9 Å². The molecule has 1 aromatic heterocycles. The fourth-order valence-corrected chi connectivity index (χ4v) is 5.70. The van der Waals surface area contributed by atoms with E-state index >= 15 is 0 Å². The molecule has 2 aliphatic heterocycles. The number of ether oxygens (including phenoxy) is 1. The minimum atomic E-state index is 0.722. The van der Waals surface area contributed by atoms with E-state index in [0.29, 0.717) is 0 Å². The quantitative estimate of drug-likeness (QED) is 0.918. The average Bonchev–Trinajstić information content (AvgIpc) is 3.18. The van der Waals surface area contributed by atoms with Crippen molar-refractivity contribution in [1.82, 2.24) is 9.88 Å². The Balaban J connectivity index is 1.67. The highest BCUT2D eigenvalue weighted by Crippen LogP contribution is 2.54. The lowest BCUT2D eigenvalue weighted by atomic mass is 9.92. The minimum Gasteiger partial charge on any atom is -0.497 e. The number of aromatic nitrogens is 1. The van der Waals surface area contributed by atoms with Crippen LogP contribution in [0.25, 0.3) is 10.9 Å². The van der Waals surface area contributed by atoms with Crippen molar-refractivity contribution in [2.24, 2.45) is 11.8 Å². The Bertz CT molecular complexity index is 734. The third-order valence-corrected chi connectivity index (χ3v) is 6.54. The van der Waals surface area contributed by atoms with Crippen LogP contribution >= 0.6 is 0 Å². The highest BCUT2D eigenvalue weighted by molar-refractivity contribution is 5.86. The van der Waals surface area contributed by atoms with Crippen molar-refractivity contribution in [1.29, 1.82) is 0 Å². The third kappa shape index (κ3) is 1.55. The molecule has 1 saturated heterocycles. The molecular weight excluding hydrogens is 272 g/mol. The first-order valence-electron chi connectivity index (χ1n) is 8.72. The number of rotatable bonds is 2. The van der Waals surface area contributed by atoms with Crippen molar-refractivity contribution < 1.29 is 4.74 Å². The van der Waals surface area contributed by atoms with Gasteiger partial charge in [0.15, 0.2) is 0 Å². The van der Waals surface area contributed by atoms with Gasteiger partial charge in [0.2, 0.25) is 0 Å². The molecule has 4 atom stereocenters. The second kappa shape index (κ2) is 4.51. The van der Waals surface area contributed by atoms with Gasteiger partial charge in [-0.05, 0) is 48.4 Å². The molecule has 2 fully saturated rings. The normalized spacial score (nSPS) is 33.2. The molecule has 116 valence electrons. The lowest BCUT2D eigenvalue weighted by Gasteiger charge is -2.31. The van der Waals surface area contributed by atoms with E-state index in [1.807, 2.05) is 0 Å². The highest BCUT2D eigenvalue weighted by atomic mass is 16.5. The second-order valence-corrected chi connectivity index (χ2v) is 7.34. The Hall–Kier alpha value is -1.48. The zero-order chi connectivity index (χ0) is 14.8. The number of methoxy groups -OCH3 is 1. The van der Waals surface area contributed by atoms with Crippen LogP contribution in [0.4, 0.5) is 0 Å². The fourth-order valence-electron chi connectivity index (χ4n) is 5.70. The lowest BCUT2D eigenvalue weighted by molar-refractivity contribution is 0.193. The van der Waals surface area contributed by atoms with Gasteiger partial charge in [0, 0.05) is 41.6 Å². The van der Waals surface area contributed by atoms with Gasteiger partial charge in [-0.25, -0.2) is 0 Å². The van der Waals surface area contributed by atoms with Gasteiger partial charge in [-0.15, -0.1) is 0 Å². The molecule has 1 aromatic carbocycles. The predicted octanol–water partition coefficient (Wildman–Crippen LogP) is 3.55. The second-order valence-electron chi connectivity index (χ2n) is 7.34. The molecule has 3 nitrogen and oxygen atoms in total. The Kier molecular flexibility index (Phi) is 2.67. The molecular formula is C19H24N2O. The fraction of sp³-hybridized carbons (Fsp3) is 0.579. The Morgan fingerprint density at radius 3 is 3.05 bits per heavy atom. The van der Waals surface area contributed by atoms with Gasteiger partial charge < -0.3 is 9.72 Å². The predicted molar refractivity (Wildman–Crippen MR) is 88.5 cm³/mol. The number of H-pyrrole nitrogens is 1. The Morgan fingerprint density at radius 2 is 2.27 bits per heavy atom. The number of hydrogen-bond acceptors (Lipinski definition) is 2. The SMILES string of the molecule is CC[C@@H]1[C@@H]2C[C@H]3c4[nH]c5ccc(OC)cc5c4CCN(C2)[C@@H]13. The molecule has 2 aromatic rings. The summed E-state index contributed by atoms with van der Waals surface area (Å²) in [5, 5.41) is 1.38. The maximum Gasteiger partial charge on any atom is 0.119 e. The first kappa shape index (κ1) is 13.0. The largest absolute Gasteiger partial charge is 0.497 e. The van der Waals surface area contributed by atoms with E-state index in [1.54, 1.807) is 12.7 Å². The minimum absolute atomic E-state index is 0.722. The molecule has 22 heavy (non-hydrogen) atoms. The van der Waals surface area contributed by atoms with Gasteiger partial charge >= 0.3 is 0 Å². The van der Waals surface area contributed by atoms with E-state index in [-0.39, 0.29) is 0 Å². The maximum atomic E-state index is 5.44. The van der Waals surface area contributed by atoms with Gasteiger partial charge in [-0.3, -0.25) is 4.90 Å². The molecule has 3 heteroatoms. The van der Waals surface area contributed by atoms with Crippen LogP contribution in [0.15, 0.2) is 18.2 Å². The molecule has 3 aliphatic rings. The monoisotopic (exact) mass is 296 g/mol. The molecule has 0 spiro atoms. The number of nitrogens with zero attached hydrogens (tertiary/aromatic N) is 1. The molecule has 5 rings (SSSR count). The van der Waals surface area contributed by atoms with Gasteiger partial charge in [-0.2, -0.15) is 0 Å². The molecule has 2 bridgehead atoms. The highest BCUT2D eigenvalue weighted by Gasteiger charge is 2.53. The topological polar surface area (TPSA) is 28.3 Å². The number of aromatic amines is 1. The molecule has 1 saturated carbocycles. The van der Waals surface area contributed by atoms with E-state index in [2.05, 4.69) is 35.0 Å². The first-order valence-corrected chi connectivity index (χ1v) is 8.72. The number of hydrogen-bond donors (Lipinski definition) is 1. The van der Waals surface area contributed by atoms with Crippen molar-refractivity contribution in [3.8, 4) is 5.75 Å². The standard InChI is InChI=1S/C19H24N2O/c1-3-13-11-8-16-18-14(6-7-21(10-11)19(13)16)15-9-12(22-2)4-5-17(15)20-18/h4-5,9,11,13,16,19-20H,3,6-8,10H2,1-2H3/t11-,13-,16+,19+/m1/s1. The van der Waals surface area contributed by atoms with Gasteiger partial charge in [0.05, 0.1) is 7.11 Å². The van der Waals surface area contributed by atoms with E-state index in [9.17, 15) is 0 Å². The summed E-state index contributed by atoms with van der Waals surface area (Å²) < 4.78 is 5.44. The van der Waals surface area contributed by atoms with Crippen LogP contribution in [-0.4, -0.2) is 36.1 Å². The summed E-state index contributed by atoms with van der Waals surface area (Å²) in [6.45, 7) is 4.95. The Labute approximate surface area is 131 Å². The van der Waals surface area contributed by atoms with Crippen LogP contribution < -0.4 is 4.74 Å². The average molecular weight is 296 g/mol. The Morgan fingerprint density at radius 1 is 1.36 bits per heavy atom. The molecule has 0 radical (unpaired) electrons. The summed E-state index contributed by atoms with van der Waals surface area (Å²) in [6, 6.07) is 7.26. The van der Waals surface area contributed by atoms with Crippen LogP contribution in [0.2, 0.25) is 0 Å². The zero-order valence-corrected chi connectivity index (χ0v) is 13.4. The van der Waals surface area contributed by atoms with Crippen LogP contribution in [0.5, 0.6) is 5.75 Å². The summed E-state index contributed by atoms with van der Waals surface area (Å²) in [5.74, 6) is 3.53. The summed E-state index contributed by atoms with van der Waals surface area (Å²) in [6.07, 6.45) is 3.90. The van der Waals surface area contributed by atoms with Crippen molar-refractivity contribution in [3.05, 3.63) is 29.5 Å². The van der Waals surface area contributed by atoms with Gasteiger partial charge in [-0.1, -0.05) is 13.3 Å². The number of piperidine rings is 1. The van der Waals surface area contributed by atoms with Crippen LogP contribution in [0.3, 0.4) is 0 Å². The smallest absolute Gasteiger partial charge is 0.119 e. The third-order valence-electron chi connectivity index (χ3n) is 6.54. The molecule has 1 aliphatic carbocycles. The van der Waals surface area contributed by atoms with E-state index in [0.717, 1.165) is 29.5 Å². The van der Waals surface area contributed by atoms with Crippen LogP contribution in [0, 0.1) is 11.8 Å². The maximum absolute atomic E-state index is 5.44. The number of nitrogens with one attached hydrogen (secondary N) is 1. The first-order chi connectivity index (χ1) is 10.8. The molecule has 0 amide bonds. The summed E-state index contributed by atoms with van der Waals surface area (Å²) in [5.41, 5.74) is 4.38. The molecule has 1 N–H and O–H groups in total. The summed E-state index contributed by atoms with van der Waals surface area (Å²) in [4.78, 5) is 6.57. The lowest BCUT2D eigenvalue weighted by Crippen LogP contribution is -2.37. The van der Waals surface area contributed by atoms with E-state index in [4.69, 9.17) is 4.74 Å². The van der Waals surface area contributed by atoms with Gasteiger partial charge in [0.1, 0.15) is 5.75 Å². The van der Waals surface area contributed by atoms with Crippen LogP contribution in [-0.2, 0) is 6.42 Å². The molecule has 0 unspecified atom stereocenters. The van der Waals surface area contributed by atoms with Crippen molar-refractivity contribution >= 4 is 10.9 Å². The van der Waals surface area contributed by atoms with E-state index in [1.165, 1.54) is 48.9 Å².